The summed E-state index contributed by atoms with van der Waals surface area (Å²) in [4.78, 5) is 0. The lowest BCUT2D eigenvalue weighted by Crippen LogP contribution is -2.29. The quantitative estimate of drug-likeness (QED) is 0.682. The highest BCUT2D eigenvalue weighted by molar-refractivity contribution is 5.27. The largest absolute Gasteiger partial charge is 0.0622 e. The molecular formula is C20H24. The molecule has 0 heterocycles. The molecular weight excluding hydrogens is 240 g/mol. The summed E-state index contributed by atoms with van der Waals surface area (Å²) in [7, 11) is 0. The molecule has 0 unspecified atom stereocenters. The summed E-state index contributed by atoms with van der Waals surface area (Å²) >= 11 is 0. The van der Waals surface area contributed by atoms with Gasteiger partial charge in [-0.3, -0.25) is 0 Å². The minimum atomic E-state index is 0.426. The van der Waals surface area contributed by atoms with Gasteiger partial charge in [-0.2, -0.15) is 0 Å². The Kier molecular flexibility index (Phi) is 4.20. The zero-order valence-corrected chi connectivity index (χ0v) is 12.2. The third kappa shape index (κ3) is 2.95. The minimum Gasteiger partial charge on any atom is -0.0622 e. The first kappa shape index (κ1) is 13.4. The van der Waals surface area contributed by atoms with E-state index in [2.05, 4.69) is 60.7 Å². The fourth-order valence-electron chi connectivity index (χ4n) is 3.73. The van der Waals surface area contributed by atoms with E-state index in [1.165, 1.54) is 50.5 Å². The van der Waals surface area contributed by atoms with Gasteiger partial charge in [0.05, 0.1) is 0 Å². The Balaban J connectivity index is 1.80. The fourth-order valence-corrected chi connectivity index (χ4v) is 3.73. The van der Waals surface area contributed by atoms with Crippen molar-refractivity contribution >= 4 is 0 Å². The van der Waals surface area contributed by atoms with Gasteiger partial charge in [-0.05, 0) is 42.2 Å². The molecule has 0 atom stereocenters. The van der Waals surface area contributed by atoms with Crippen LogP contribution in [0.2, 0.25) is 0 Å². The Morgan fingerprint density at radius 1 is 0.700 bits per heavy atom. The van der Waals surface area contributed by atoms with Crippen molar-refractivity contribution in [1.29, 1.82) is 0 Å². The monoisotopic (exact) mass is 264 g/mol. The fraction of sp³-hybridized carbons (Fsp3) is 0.400. The summed E-state index contributed by atoms with van der Waals surface area (Å²) in [5.41, 5.74) is 3.47. The predicted molar refractivity (Wildman–Crippen MR) is 86.0 cm³/mol. The normalized spacial score (nSPS) is 17.8. The number of hydrogen-bond donors (Lipinski definition) is 0. The lowest BCUT2D eigenvalue weighted by molar-refractivity contribution is 0.274. The molecule has 3 rings (SSSR count). The van der Waals surface area contributed by atoms with Gasteiger partial charge < -0.3 is 0 Å². The van der Waals surface area contributed by atoms with E-state index in [0.717, 1.165) is 0 Å². The van der Waals surface area contributed by atoms with E-state index in [0.29, 0.717) is 5.41 Å². The zero-order valence-electron chi connectivity index (χ0n) is 12.2. The van der Waals surface area contributed by atoms with Crippen molar-refractivity contribution in [3.63, 3.8) is 0 Å². The maximum Gasteiger partial charge on any atom is -0.00438 e. The van der Waals surface area contributed by atoms with Gasteiger partial charge in [0.25, 0.3) is 0 Å². The third-order valence-corrected chi connectivity index (χ3v) is 4.93. The van der Waals surface area contributed by atoms with Crippen LogP contribution in [0.25, 0.3) is 0 Å². The first-order valence-corrected chi connectivity index (χ1v) is 7.99. The third-order valence-electron chi connectivity index (χ3n) is 4.93. The molecule has 1 saturated carbocycles. The van der Waals surface area contributed by atoms with Gasteiger partial charge in [0.2, 0.25) is 0 Å². The molecule has 0 bridgehead atoms. The van der Waals surface area contributed by atoms with Crippen molar-refractivity contribution in [1.82, 2.24) is 0 Å². The van der Waals surface area contributed by atoms with Gasteiger partial charge in [-0.1, -0.05) is 79.9 Å². The van der Waals surface area contributed by atoms with E-state index in [4.69, 9.17) is 0 Å². The second-order valence-electron chi connectivity index (χ2n) is 6.19. The first-order chi connectivity index (χ1) is 9.89. The average Bonchev–Trinajstić information content (AvgIpc) is 2.56. The van der Waals surface area contributed by atoms with Crippen LogP contribution >= 0.6 is 0 Å². The van der Waals surface area contributed by atoms with Crippen LogP contribution < -0.4 is 0 Å². The predicted octanol–water partition coefficient (Wildman–Crippen LogP) is 5.52. The number of rotatable bonds is 4. The molecule has 2 aromatic rings. The number of hydrogen-bond acceptors (Lipinski definition) is 0. The standard InChI is InChI=1S/C20H24/c1-4-10-18(11-5-1)14-17-20(15-8-3-9-16-20)19-12-6-2-7-13-19/h1-2,4-7,10-13H,3,8-9,14-17H2. The highest BCUT2D eigenvalue weighted by atomic mass is 14.4. The molecule has 1 aliphatic rings. The van der Waals surface area contributed by atoms with E-state index in [-0.39, 0.29) is 0 Å². The van der Waals surface area contributed by atoms with Crippen LogP contribution in [-0.4, -0.2) is 0 Å². The van der Waals surface area contributed by atoms with Crippen molar-refractivity contribution in [2.45, 2.75) is 50.4 Å². The molecule has 1 fully saturated rings. The van der Waals surface area contributed by atoms with Crippen LogP contribution in [0, 0.1) is 0 Å². The van der Waals surface area contributed by atoms with Crippen LogP contribution in [0.1, 0.15) is 49.7 Å². The number of benzene rings is 2. The molecule has 104 valence electrons. The van der Waals surface area contributed by atoms with Crippen LogP contribution in [-0.2, 0) is 11.8 Å². The minimum absolute atomic E-state index is 0.426. The smallest absolute Gasteiger partial charge is 0.00438 e. The Morgan fingerprint density at radius 2 is 1.30 bits per heavy atom. The van der Waals surface area contributed by atoms with Crippen molar-refractivity contribution in [2.24, 2.45) is 0 Å². The molecule has 0 radical (unpaired) electrons. The Hall–Kier alpha value is -1.56. The number of aryl methyl sites for hydroxylation is 1. The highest BCUT2D eigenvalue weighted by Gasteiger charge is 2.33. The van der Waals surface area contributed by atoms with E-state index < -0.39 is 0 Å². The first-order valence-electron chi connectivity index (χ1n) is 7.99. The van der Waals surface area contributed by atoms with Crippen molar-refractivity contribution in [3.05, 3.63) is 71.8 Å². The van der Waals surface area contributed by atoms with Gasteiger partial charge in [-0.15, -0.1) is 0 Å². The van der Waals surface area contributed by atoms with E-state index in [9.17, 15) is 0 Å². The van der Waals surface area contributed by atoms with Gasteiger partial charge in [0.1, 0.15) is 0 Å². The SMILES string of the molecule is c1ccc(CCC2(c3ccccc3)CCCCC2)cc1. The molecule has 0 N–H and O–H groups in total. The molecule has 0 amide bonds. The Bertz CT molecular complexity index is 506. The van der Waals surface area contributed by atoms with Gasteiger partial charge in [0, 0.05) is 0 Å². The Labute approximate surface area is 122 Å². The molecule has 0 saturated heterocycles. The van der Waals surface area contributed by atoms with E-state index >= 15 is 0 Å². The highest BCUT2D eigenvalue weighted by Crippen LogP contribution is 2.42. The summed E-state index contributed by atoms with van der Waals surface area (Å²) in [6.07, 6.45) is 9.43. The molecule has 0 heteroatoms. The summed E-state index contributed by atoms with van der Waals surface area (Å²) < 4.78 is 0. The summed E-state index contributed by atoms with van der Waals surface area (Å²) in [5.74, 6) is 0. The van der Waals surface area contributed by atoms with Crippen LogP contribution in [0.5, 0.6) is 0 Å². The van der Waals surface area contributed by atoms with Gasteiger partial charge in [0.15, 0.2) is 0 Å². The lowest BCUT2D eigenvalue weighted by Gasteiger charge is -2.38. The van der Waals surface area contributed by atoms with Crippen LogP contribution in [0.4, 0.5) is 0 Å². The molecule has 0 aliphatic heterocycles. The maximum atomic E-state index is 2.34. The molecule has 2 aromatic carbocycles. The van der Waals surface area contributed by atoms with Crippen LogP contribution in [0.3, 0.4) is 0 Å². The summed E-state index contributed by atoms with van der Waals surface area (Å²) in [5, 5.41) is 0. The Morgan fingerprint density at radius 3 is 1.95 bits per heavy atom. The molecule has 0 nitrogen and oxygen atoms in total. The summed E-state index contributed by atoms with van der Waals surface area (Å²) in [6, 6.07) is 22.2. The van der Waals surface area contributed by atoms with E-state index in [1.54, 1.807) is 5.56 Å². The molecule has 20 heavy (non-hydrogen) atoms. The summed E-state index contributed by atoms with van der Waals surface area (Å²) in [6.45, 7) is 0. The second kappa shape index (κ2) is 6.26. The molecule has 0 aromatic heterocycles. The topological polar surface area (TPSA) is 0 Å². The van der Waals surface area contributed by atoms with E-state index in [1.807, 2.05) is 0 Å². The maximum absolute atomic E-state index is 2.34. The lowest BCUT2D eigenvalue weighted by atomic mass is 9.66. The molecule has 1 aliphatic carbocycles. The van der Waals surface area contributed by atoms with Gasteiger partial charge in [-0.25, -0.2) is 0 Å². The van der Waals surface area contributed by atoms with Gasteiger partial charge >= 0.3 is 0 Å². The van der Waals surface area contributed by atoms with Crippen molar-refractivity contribution < 1.29 is 0 Å². The van der Waals surface area contributed by atoms with Crippen LogP contribution in [0.15, 0.2) is 60.7 Å². The molecule has 0 spiro atoms. The zero-order chi connectivity index (χ0) is 13.7. The van der Waals surface area contributed by atoms with Crippen molar-refractivity contribution in [3.8, 4) is 0 Å². The second-order valence-corrected chi connectivity index (χ2v) is 6.19. The van der Waals surface area contributed by atoms with Crippen molar-refractivity contribution in [2.75, 3.05) is 0 Å². The average molecular weight is 264 g/mol.